The third-order valence-electron chi connectivity index (χ3n) is 7.50. The molecular formula is C28H33N5O5. The summed E-state index contributed by atoms with van der Waals surface area (Å²) in [5, 5.41) is 9.98. The van der Waals surface area contributed by atoms with Gasteiger partial charge in [-0.2, -0.15) is 0 Å². The van der Waals surface area contributed by atoms with Crippen LogP contribution in [0.2, 0.25) is 0 Å². The summed E-state index contributed by atoms with van der Waals surface area (Å²) in [6, 6.07) is 15.1. The number of hydroxylamine groups is 1. The maximum absolute atomic E-state index is 13.2. The van der Waals surface area contributed by atoms with Gasteiger partial charge in [-0.3, -0.25) is 24.5 Å². The smallest absolute Gasteiger partial charge is 0.274 e. The standard InChI is InChI=1S/C28H33N5O5/c1-20-23-4-2-3-5-24(23)33(16-21-6-8-22(9-7-21)28(36)29-37)25(20)17-32-19-26(34)31(18-27(32)35)11-10-30-12-14-38-15-13-30/h2-9,37H,10-19H2,1H3,(H,29,36). The fraction of sp³-hybridized carbons (Fsp3) is 0.393. The van der Waals surface area contributed by atoms with Crippen molar-refractivity contribution in [3.05, 3.63) is 70.9 Å². The highest BCUT2D eigenvalue weighted by molar-refractivity contribution is 5.93. The second kappa shape index (κ2) is 11.3. The van der Waals surface area contributed by atoms with E-state index in [2.05, 4.69) is 21.6 Å². The molecule has 2 aliphatic heterocycles. The number of amides is 3. The summed E-state index contributed by atoms with van der Waals surface area (Å²) < 4.78 is 7.56. The zero-order valence-corrected chi connectivity index (χ0v) is 21.6. The molecule has 10 nitrogen and oxygen atoms in total. The Morgan fingerprint density at radius 1 is 0.921 bits per heavy atom. The van der Waals surface area contributed by atoms with Crippen LogP contribution in [-0.4, -0.2) is 94.7 Å². The number of piperazine rings is 1. The van der Waals surface area contributed by atoms with Gasteiger partial charge in [-0.25, -0.2) is 5.48 Å². The second-order valence-corrected chi connectivity index (χ2v) is 9.83. The van der Waals surface area contributed by atoms with Crippen molar-refractivity contribution in [1.82, 2.24) is 24.7 Å². The molecular weight excluding hydrogens is 486 g/mol. The first kappa shape index (κ1) is 25.9. The molecule has 0 spiro atoms. The van der Waals surface area contributed by atoms with Gasteiger partial charge in [0.15, 0.2) is 0 Å². The number of para-hydroxylation sites is 1. The number of nitrogens with zero attached hydrogens (tertiary/aromatic N) is 4. The first-order valence-electron chi connectivity index (χ1n) is 12.9. The fourth-order valence-corrected chi connectivity index (χ4v) is 5.24. The van der Waals surface area contributed by atoms with Crippen LogP contribution in [0, 0.1) is 6.92 Å². The number of aryl methyl sites for hydroxylation is 1. The highest BCUT2D eigenvalue weighted by Crippen LogP contribution is 2.28. The van der Waals surface area contributed by atoms with Gasteiger partial charge < -0.3 is 19.1 Å². The molecule has 3 aromatic rings. The fourth-order valence-electron chi connectivity index (χ4n) is 5.24. The number of aromatic nitrogens is 1. The Labute approximate surface area is 221 Å². The molecule has 200 valence electrons. The van der Waals surface area contributed by atoms with Crippen LogP contribution in [0.4, 0.5) is 0 Å². The monoisotopic (exact) mass is 519 g/mol. The SMILES string of the molecule is Cc1c(CN2CC(=O)N(CCN3CCOCC3)CC2=O)n(Cc2ccc(C(=O)NO)cc2)c2ccccc12. The quantitative estimate of drug-likeness (QED) is 0.346. The molecule has 2 N–H and O–H groups in total. The van der Waals surface area contributed by atoms with E-state index in [1.165, 1.54) is 0 Å². The summed E-state index contributed by atoms with van der Waals surface area (Å²) in [6.45, 7) is 7.48. The highest BCUT2D eigenvalue weighted by atomic mass is 16.5. The third-order valence-corrected chi connectivity index (χ3v) is 7.50. The van der Waals surface area contributed by atoms with Gasteiger partial charge in [0.2, 0.25) is 11.8 Å². The van der Waals surface area contributed by atoms with E-state index < -0.39 is 5.91 Å². The molecule has 0 unspecified atom stereocenters. The van der Waals surface area contributed by atoms with E-state index in [4.69, 9.17) is 9.94 Å². The molecule has 38 heavy (non-hydrogen) atoms. The van der Waals surface area contributed by atoms with E-state index >= 15 is 0 Å². The zero-order valence-electron chi connectivity index (χ0n) is 21.6. The molecule has 0 bridgehead atoms. The minimum absolute atomic E-state index is 0.0316. The van der Waals surface area contributed by atoms with Crippen LogP contribution in [0.25, 0.3) is 10.9 Å². The van der Waals surface area contributed by atoms with Crippen molar-refractivity contribution < 1.29 is 24.3 Å². The molecule has 0 atom stereocenters. The van der Waals surface area contributed by atoms with E-state index in [1.54, 1.807) is 27.4 Å². The van der Waals surface area contributed by atoms with Crippen molar-refractivity contribution in [2.24, 2.45) is 0 Å². The first-order valence-corrected chi connectivity index (χ1v) is 12.9. The molecule has 2 aliphatic rings. The Hall–Kier alpha value is -3.73. The van der Waals surface area contributed by atoms with Gasteiger partial charge in [-0.1, -0.05) is 30.3 Å². The van der Waals surface area contributed by atoms with Gasteiger partial charge in [0, 0.05) is 54.9 Å². The van der Waals surface area contributed by atoms with Crippen molar-refractivity contribution in [3.63, 3.8) is 0 Å². The van der Waals surface area contributed by atoms with Crippen LogP contribution in [0.5, 0.6) is 0 Å². The Morgan fingerprint density at radius 2 is 1.61 bits per heavy atom. The number of fused-ring (bicyclic) bond motifs is 1. The lowest BCUT2D eigenvalue weighted by molar-refractivity contribution is -0.151. The molecule has 10 heteroatoms. The van der Waals surface area contributed by atoms with Crippen LogP contribution in [-0.2, 0) is 27.4 Å². The second-order valence-electron chi connectivity index (χ2n) is 9.83. The summed E-state index contributed by atoms with van der Waals surface area (Å²) in [5.74, 6) is -0.648. The Morgan fingerprint density at radius 3 is 2.34 bits per heavy atom. The Balaban J connectivity index is 1.33. The number of carbonyl (C=O) groups is 3. The predicted octanol–water partition coefficient (Wildman–Crippen LogP) is 1.62. The molecule has 0 saturated carbocycles. The van der Waals surface area contributed by atoms with Gasteiger partial charge in [-0.05, 0) is 36.2 Å². The van der Waals surface area contributed by atoms with Gasteiger partial charge in [0.25, 0.3) is 5.91 Å². The number of nitrogens with one attached hydrogen (secondary N) is 1. The molecule has 3 amide bonds. The van der Waals surface area contributed by atoms with E-state index in [0.29, 0.717) is 38.4 Å². The van der Waals surface area contributed by atoms with Crippen molar-refractivity contribution in [2.45, 2.75) is 20.0 Å². The minimum atomic E-state index is -0.563. The number of rotatable bonds is 8. The summed E-state index contributed by atoms with van der Waals surface area (Å²) in [5.41, 5.74) is 6.07. The Bertz CT molecular complexity index is 1330. The molecule has 2 fully saturated rings. The maximum Gasteiger partial charge on any atom is 0.274 e. The largest absolute Gasteiger partial charge is 0.379 e. The van der Waals surface area contributed by atoms with Gasteiger partial charge in [0.1, 0.15) is 6.54 Å². The van der Waals surface area contributed by atoms with Crippen LogP contribution in [0.3, 0.4) is 0 Å². The lowest BCUT2D eigenvalue weighted by Crippen LogP contribution is -2.55. The summed E-state index contributed by atoms with van der Waals surface area (Å²) >= 11 is 0. The topological polar surface area (TPSA) is 107 Å². The number of benzene rings is 2. The molecule has 1 aromatic heterocycles. The number of morpholine rings is 1. The highest BCUT2D eigenvalue weighted by Gasteiger charge is 2.31. The normalized spacial score (nSPS) is 16.9. The van der Waals surface area contributed by atoms with Crippen LogP contribution >= 0.6 is 0 Å². The lowest BCUT2D eigenvalue weighted by Gasteiger charge is -2.36. The lowest BCUT2D eigenvalue weighted by atomic mass is 10.1. The molecule has 2 aromatic carbocycles. The minimum Gasteiger partial charge on any atom is -0.379 e. The van der Waals surface area contributed by atoms with Crippen molar-refractivity contribution in [2.75, 3.05) is 52.5 Å². The molecule has 0 radical (unpaired) electrons. The summed E-state index contributed by atoms with van der Waals surface area (Å²) in [6.07, 6.45) is 0. The molecule has 2 saturated heterocycles. The average molecular weight is 520 g/mol. The van der Waals surface area contributed by atoms with Crippen molar-refractivity contribution in [1.29, 1.82) is 0 Å². The zero-order chi connectivity index (χ0) is 26.6. The van der Waals surface area contributed by atoms with Gasteiger partial charge in [0.05, 0.1) is 26.3 Å². The average Bonchev–Trinajstić information content (AvgIpc) is 3.20. The summed E-state index contributed by atoms with van der Waals surface area (Å²) in [7, 11) is 0. The summed E-state index contributed by atoms with van der Waals surface area (Å²) in [4.78, 5) is 43.4. The third kappa shape index (κ3) is 5.42. The number of ether oxygens (including phenoxy) is 1. The van der Waals surface area contributed by atoms with Crippen molar-refractivity contribution >= 4 is 28.6 Å². The Kier molecular flexibility index (Phi) is 7.73. The van der Waals surface area contributed by atoms with E-state index in [0.717, 1.165) is 47.4 Å². The molecule has 5 rings (SSSR count). The molecule has 3 heterocycles. The van der Waals surface area contributed by atoms with Crippen LogP contribution in [0.15, 0.2) is 48.5 Å². The number of hydrogen-bond donors (Lipinski definition) is 2. The maximum atomic E-state index is 13.2. The van der Waals surface area contributed by atoms with E-state index in [1.807, 2.05) is 31.2 Å². The number of hydrogen-bond acceptors (Lipinski definition) is 6. The van der Waals surface area contributed by atoms with Crippen LogP contribution in [0.1, 0.15) is 27.2 Å². The van der Waals surface area contributed by atoms with Crippen LogP contribution < -0.4 is 5.48 Å². The van der Waals surface area contributed by atoms with Crippen molar-refractivity contribution in [3.8, 4) is 0 Å². The number of carbonyl (C=O) groups excluding carboxylic acids is 3. The predicted molar refractivity (Wildman–Crippen MR) is 141 cm³/mol. The van der Waals surface area contributed by atoms with Gasteiger partial charge in [-0.15, -0.1) is 0 Å². The van der Waals surface area contributed by atoms with E-state index in [-0.39, 0.29) is 24.9 Å². The van der Waals surface area contributed by atoms with Gasteiger partial charge >= 0.3 is 0 Å². The van der Waals surface area contributed by atoms with E-state index in [9.17, 15) is 14.4 Å². The first-order chi connectivity index (χ1) is 18.4. The molecule has 0 aliphatic carbocycles.